The first-order chi connectivity index (χ1) is 12.2. The fraction of sp³-hybridized carbons (Fsp3) is 0.632. The molecule has 0 N–H and O–H groups in total. The Balaban J connectivity index is 2.29. The molecule has 1 aliphatic heterocycles. The SMILES string of the molecule is CC(=O)OC(CCC1(C)OCCO1)C(C(C)C)S(=O)(=O)c1ccccc1. The summed E-state index contributed by atoms with van der Waals surface area (Å²) in [4.78, 5) is 11.9. The quantitative estimate of drug-likeness (QED) is 0.641. The summed E-state index contributed by atoms with van der Waals surface area (Å²) < 4.78 is 43.1. The topological polar surface area (TPSA) is 78.9 Å². The number of ether oxygens (including phenoxy) is 3. The first kappa shape index (κ1) is 20.9. The first-order valence-corrected chi connectivity index (χ1v) is 10.4. The average molecular weight is 384 g/mol. The molecule has 0 aliphatic carbocycles. The van der Waals surface area contributed by atoms with Crippen LogP contribution in [0.5, 0.6) is 0 Å². The van der Waals surface area contributed by atoms with Crippen LogP contribution >= 0.6 is 0 Å². The summed E-state index contributed by atoms with van der Waals surface area (Å²) in [6.45, 7) is 7.78. The highest BCUT2D eigenvalue weighted by molar-refractivity contribution is 7.92. The van der Waals surface area contributed by atoms with E-state index in [2.05, 4.69) is 0 Å². The number of sulfone groups is 1. The lowest BCUT2D eigenvalue weighted by Gasteiger charge is -2.31. The summed E-state index contributed by atoms with van der Waals surface area (Å²) >= 11 is 0. The fourth-order valence-corrected chi connectivity index (χ4v) is 5.52. The molecule has 0 bridgehead atoms. The molecule has 1 heterocycles. The minimum absolute atomic E-state index is 0.232. The second-order valence-electron chi connectivity index (χ2n) is 7.08. The Labute approximate surface area is 155 Å². The number of esters is 1. The Kier molecular flexibility index (Phi) is 6.82. The van der Waals surface area contributed by atoms with Crippen molar-refractivity contribution in [3.05, 3.63) is 30.3 Å². The van der Waals surface area contributed by atoms with Crippen LogP contribution in [0.3, 0.4) is 0 Å². The summed E-state index contributed by atoms with van der Waals surface area (Å²) in [5.41, 5.74) is 0. The van der Waals surface area contributed by atoms with Gasteiger partial charge >= 0.3 is 5.97 Å². The van der Waals surface area contributed by atoms with Crippen LogP contribution in [0.4, 0.5) is 0 Å². The molecule has 1 fully saturated rings. The van der Waals surface area contributed by atoms with Gasteiger partial charge in [0.1, 0.15) is 11.4 Å². The molecule has 1 aliphatic rings. The maximum atomic E-state index is 13.2. The molecule has 1 aromatic carbocycles. The zero-order chi connectivity index (χ0) is 19.4. The molecule has 0 radical (unpaired) electrons. The third kappa shape index (κ3) is 5.05. The summed E-state index contributed by atoms with van der Waals surface area (Å²) in [5, 5.41) is -0.848. The van der Waals surface area contributed by atoms with Crippen molar-refractivity contribution >= 4 is 15.8 Å². The third-order valence-electron chi connectivity index (χ3n) is 4.55. The molecule has 146 valence electrons. The van der Waals surface area contributed by atoms with Crippen LogP contribution in [0, 0.1) is 5.92 Å². The first-order valence-electron chi connectivity index (χ1n) is 8.90. The number of carbonyl (C=O) groups is 1. The van der Waals surface area contributed by atoms with Crippen molar-refractivity contribution in [2.75, 3.05) is 13.2 Å². The zero-order valence-corrected chi connectivity index (χ0v) is 16.6. The number of hydrogen-bond acceptors (Lipinski definition) is 6. The van der Waals surface area contributed by atoms with Gasteiger partial charge in [-0.15, -0.1) is 0 Å². The van der Waals surface area contributed by atoms with E-state index >= 15 is 0 Å². The van der Waals surface area contributed by atoms with E-state index in [1.54, 1.807) is 30.3 Å². The van der Waals surface area contributed by atoms with Gasteiger partial charge in [-0.25, -0.2) is 8.42 Å². The second-order valence-corrected chi connectivity index (χ2v) is 9.19. The van der Waals surface area contributed by atoms with E-state index in [0.717, 1.165) is 0 Å². The van der Waals surface area contributed by atoms with Crippen molar-refractivity contribution in [1.29, 1.82) is 0 Å². The Bertz CT molecular complexity index is 692. The highest BCUT2D eigenvalue weighted by Gasteiger charge is 2.41. The van der Waals surface area contributed by atoms with Gasteiger partial charge in [-0.05, 0) is 31.4 Å². The van der Waals surface area contributed by atoms with E-state index in [9.17, 15) is 13.2 Å². The molecule has 0 amide bonds. The van der Waals surface area contributed by atoms with Gasteiger partial charge in [-0.2, -0.15) is 0 Å². The molecular weight excluding hydrogens is 356 g/mol. The molecule has 2 rings (SSSR count). The van der Waals surface area contributed by atoms with Crippen LogP contribution in [0.25, 0.3) is 0 Å². The van der Waals surface area contributed by atoms with Crippen molar-refractivity contribution in [3.63, 3.8) is 0 Å². The van der Waals surface area contributed by atoms with Crippen LogP contribution in [0.15, 0.2) is 35.2 Å². The van der Waals surface area contributed by atoms with Gasteiger partial charge in [0.2, 0.25) is 0 Å². The molecular formula is C19H28O6S. The number of benzene rings is 1. The van der Waals surface area contributed by atoms with Crippen LogP contribution in [0.2, 0.25) is 0 Å². The lowest BCUT2D eigenvalue weighted by atomic mass is 9.99. The van der Waals surface area contributed by atoms with Gasteiger partial charge in [0, 0.05) is 13.3 Å². The fourth-order valence-electron chi connectivity index (χ4n) is 3.36. The molecule has 6 nitrogen and oxygen atoms in total. The molecule has 1 aromatic rings. The Morgan fingerprint density at radius 2 is 1.77 bits per heavy atom. The zero-order valence-electron chi connectivity index (χ0n) is 15.8. The second kappa shape index (κ2) is 8.50. The van der Waals surface area contributed by atoms with E-state index < -0.39 is 32.9 Å². The summed E-state index contributed by atoms with van der Waals surface area (Å²) in [6, 6.07) is 8.28. The van der Waals surface area contributed by atoms with Gasteiger partial charge < -0.3 is 14.2 Å². The van der Waals surface area contributed by atoms with Gasteiger partial charge in [-0.1, -0.05) is 32.0 Å². The highest BCUT2D eigenvalue weighted by Crippen LogP contribution is 2.31. The number of carbonyl (C=O) groups excluding carboxylic acids is 1. The van der Waals surface area contributed by atoms with Crippen molar-refractivity contribution in [2.24, 2.45) is 5.92 Å². The largest absolute Gasteiger partial charge is 0.461 e. The summed E-state index contributed by atoms with van der Waals surface area (Å²) in [6.07, 6.45) is 0.00560. The summed E-state index contributed by atoms with van der Waals surface area (Å²) in [7, 11) is -3.67. The summed E-state index contributed by atoms with van der Waals surface area (Å²) in [5.74, 6) is -1.50. The van der Waals surface area contributed by atoms with Gasteiger partial charge in [0.05, 0.1) is 18.1 Å². The van der Waals surface area contributed by atoms with Crippen LogP contribution in [0.1, 0.15) is 40.5 Å². The van der Waals surface area contributed by atoms with Gasteiger partial charge in [-0.3, -0.25) is 4.79 Å². The number of rotatable bonds is 8. The van der Waals surface area contributed by atoms with E-state index in [0.29, 0.717) is 26.1 Å². The molecule has 7 heteroatoms. The van der Waals surface area contributed by atoms with Crippen molar-refractivity contribution in [2.45, 2.75) is 62.6 Å². The molecule has 1 saturated heterocycles. The molecule has 26 heavy (non-hydrogen) atoms. The smallest absolute Gasteiger partial charge is 0.302 e. The standard InChI is InChI=1S/C19H28O6S/c1-14(2)18(26(21,22)16-8-6-5-7-9-16)17(25-15(3)20)10-11-19(4)23-12-13-24-19/h5-9,14,17-18H,10-13H2,1-4H3. The lowest BCUT2D eigenvalue weighted by molar-refractivity contribution is -0.160. The average Bonchev–Trinajstić information content (AvgIpc) is 2.99. The number of hydrogen-bond donors (Lipinski definition) is 0. The maximum absolute atomic E-state index is 13.2. The van der Waals surface area contributed by atoms with Crippen LogP contribution < -0.4 is 0 Å². The van der Waals surface area contributed by atoms with E-state index in [1.807, 2.05) is 20.8 Å². The minimum Gasteiger partial charge on any atom is -0.461 e. The maximum Gasteiger partial charge on any atom is 0.302 e. The molecule has 2 atom stereocenters. The van der Waals surface area contributed by atoms with Gasteiger partial charge in [0.25, 0.3) is 0 Å². The molecule has 0 aromatic heterocycles. The normalized spacial score (nSPS) is 19.3. The van der Waals surface area contributed by atoms with Crippen molar-refractivity contribution in [1.82, 2.24) is 0 Å². The van der Waals surface area contributed by atoms with Crippen molar-refractivity contribution < 1.29 is 27.4 Å². The Hall–Kier alpha value is -1.44. The predicted octanol–water partition coefficient (Wildman–Crippen LogP) is 2.96. The monoisotopic (exact) mass is 384 g/mol. The highest BCUT2D eigenvalue weighted by atomic mass is 32.2. The molecule has 0 spiro atoms. The predicted molar refractivity (Wildman–Crippen MR) is 97.4 cm³/mol. The van der Waals surface area contributed by atoms with E-state index in [-0.39, 0.29) is 10.8 Å². The minimum atomic E-state index is -3.67. The van der Waals surface area contributed by atoms with Crippen molar-refractivity contribution in [3.8, 4) is 0 Å². The van der Waals surface area contributed by atoms with E-state index in [1.165, 1.54) is 6.92 Å². The molecule has 0 saturated carbocycles. The van der Waals surface area contributed by atoms with E-state index in [4.69, 9.17) is 14.2 Å². The molecule has 2 unspecified atom stereocenters. The van der Waals surface area contributed by atoms with Gasteiger partial charge in [0.15, 0.2) is 15.6 Å². The Morgan fingerprint density at radius 1 is 1.19 bits per heavy atom. The Morgan fingerprint density at radius 3 is 2.27 bits per heavy atom. The third-order valence-corrected chi connectivity index (χ3v) is 7.05. The van der Waals surface area contributed by atoms with Crippen LogP contribution in [-0.2, 0) is 28.8 Å². The van der Waals surface area contributed by atoms with Crippen LogP contribution in [-0.4, -0.2) is 44.7 Å². The lowest BCUT2D eigenvalue weighted by Crippen LogP contribution is -2.42.